The standard InChI is InChI=1S/C10H7.Au/c1-2-6-10-8-4-3-7-9(10)5-1;/h1-3,5-8H;. The van der Waals surface area contributed by atoms with Crippen molar-refractivity contribution in [3.63, 3.8) is 0 Å². The predicted octanol–water partition coefficient (Wildman–Crippen LogP) is 2.01. The maximum atomic E-state index is 2.51. The zero-order valence-corrected chi connectivity index (χ0v) is 8.01. The van der Waals surface area contributed by atoms with E-state index in [4.69, 9.17) is 0 Å². The molecule has 0 saturated carbocycles. The van der Waals surface area contributed by atoms with Gasteiger partial charge in [-0.15, -0.1) is 0 Å². The van der Waals surface area contributed by atoms with Gasteiger partial charge in [0.2, 0.25) is 0 Å². The van der Waals surface area contributed by atoms with Crippen LogP contribution in [0.25, 0.3) is 10.8 Å². The van der Waals surface area contributed by atoms with Crippen LogP contribution >= 0.6 is 0 Å². The molecular weight excluding hydrogens is 317 g/mol. The van der Waals surface area contributed by atoms with E-state index < -0.39 is 0 Å². The third-order valence-electron chi connectivity index (χ3n) is 1.69. The molecular formula is C10H7Au. The molecule has 0 nitrogen and oxygen atoms in total. The fourth-order valence-corrected chi connectivity index (χ4v) is 1.66. The van der Waals surface area contributed by atoms with E-state index in [1.54, 1.807) is 0 Å². The summed E-state index contributed by atoms with van der Waals surface area (Å²) in [5.41, 5.74) is 0. The van der Waals surface area contributed by atoms with Crippen LogP contribution in [0.15, 0.2) is 42.5 Å². The molecule has 2 aromatic rings. The summed E-state index contributed by atoms with van der Waals surface area (Å²) in [5, 5.41) is 2.62. The minimum absolute atomic E-state index is 1.27. The molecule has 0 aliphatic rings. The third-order valence-corrected chi connectivity index (χ3v) is 2.36. The molecule has 0 aromatic heterocycles. The third kappa shape index (κ3) is 1.38. The quantitative estimate of drug-likeness (QED) is 0.651. The molecule has 0 amide bonds. The molecule has 2 rings (SSSR count). The topological polar surface area (TPSA) is 0 Å². The van der Waals surface area contributed by atoms with E-state index in [0.29, 0.717) is 0 Å². The van der Waals surface area contributed by atoms with Gasteiger partial charge in [0.05, 0.1) is 0 Å². The van der Waals surface area contributed by atoms with E-state index in [2.05, 4.69) is 63.5 Å². The number of fused-ring (bicyclic) bond motifs is 1. The van der Waals surface area contributed by atoms with Gasteiger partial charge in [-0.05, 0) is 0 Å². The summed E-state index contributed by atoms with van der Waals surface area (Å²) >= 11 is 2.51. The second-order valence-electron chi connectivity index (χ2n) is 2.45. The van der Waals surface area contributed by atoms with E-state index in [0.717, 1.165) is 0 Å². The number of rotatable bonds is 0. The zero-order valence-electron chi connectivity index (χ0n) is 5.84. The first-order valence-electron chi connectivity index (χ1n) is 3.47. The predicted molar refractivity (Wildman–Crippen MR) is 43.6 cm³/mol. The second kappa shape index (κ2) is 2.82. The first kappa shape index (κ1) is 7.11. The monoisotopic (exact) mass is 324 g/mol. The molecule has 2 aromatic carbocycles. The van der Waals surface area contributed by atoms with Crippen molar-refractivity contribution < 1.29 is 21.1 Å². The average Bonchev–Trinajstić information content (AvgIpc) is 2.04. The fraction of sp³-hybridized carbons (Fsp3) is 0. The Balaban J connectivity index is 2.83. The molecule has 1 heteroatoms. The minimum atomic E-state index is 1.27. The van der Waals surface area contributed by atoms with Crippen LogP contribution in [-0.2, 0) is 21.1 Å². The van der Waals surface area contributed by atoms with Crippen LogP contribution < -0.4 is 3.78 Å². The van der Waals surface area contributed by atoms with Crippen LogP contribution in [0.4, 0.5) is 0 Å². The second-order valence-corrected chi connectivity index (χ2v) is 3.70. The Hall–Kier alpha value is -0.560. The maximum absolute atomic E-state index is 2.51. The summed E-state index contributed by atoms with van der Waals surface area (Å²) in [7, 11) is 0. The van der Waals surface area contributed by atoms with Crippen LogP contribution in [0.2, 0.25) is 0 Å². The van der Waals surface area contributed by atoms with Crippen LogP contribution in [0.1, 0.15) is 0 Å². The van der Waals surface area contributed by atoms with E-state index in [-0.39, 0.29) is 0 Å². The van der Waals surface area contributed by atoms with Gasteiger partial charge in [0.25, 0.3) is 0 Å². The summed E-state index contributed by atoms with van der Waals surface area (Å²) in [4.78, 5) is 0. The zero-order chi connectivity index (χ0) is 7.68. The molecule has 0 bridgehead atoms. The Labute approximate surface area is 78.1 Å². The Bertz CT molecular complexity index is 379. The Kier molecular flexibility index (Phi) is 1.82. The van der Waals surface area contributed by atoms with E-state index in [1.165, 1.54) is 14.6 Å². The molecule has 58 valence electrons. The van der Waals surface area contributed by atoms with Crippen molar-refractivity contribution in [3.8, 4) is 0 Å². The normalized spacial score (nSPS) is 10.4. The molecule has 0 saturated heterocycles. The number of hydrogen-bond donors (Lipinski definition) is 0. The Morgan fingerprint density at radius 1 is 0.818 bits per heavy atom. The summed E-state index contributed by atoms with van der Waals surface area (Å²) in [6, 6.07) is 14.8. The molecule has 0 aliphatic heterocycles. The molecule has 0 spiro atoms. The van der Waals surface area contributed by atoms with E-state index >= 15 is 0 Å². The van der Waals surface area contributed by atoms with Crippen molar-refractivity contribution in [2.45, 2.75) is 0 Å². The number of hydrogen-bond acceptors (Lipinski definition) is 0. The first-order chi connectivity index (χ1) is 5.36. The van der Waals surface area contributed by atoms with Gasteiger partial charge in [-0.1, -0.05) is 0 Å². The average molecular weight is 324 g/mol. The van der Waals surface area contributed by atoms with Gasteiger partial charge in [0.15, 0.2) is 0 Å². The molecule has 0 aliphatic carbocycles. The van der Waals surface area contributed by atoms with Crippen LogP contribution in [0, 0.1) is 0 Å². The van der Waals surface area contributed by atoms with Crippen molar-refractivity contribution >= 4 is 14.6 Å². The molecule has 11 heavy (non-hydrogen) atoms. The van der Waals surface area contributed by atoms with Gasteiger partial charge in [-0.25, -0.2) is 0 Å². The van der Waals surface area contributed by atoms with Crippen LogP contribution in [0.3, 0.4) is 0 Å². The Morgan fingerprint density at radius 2 is 1.55 bits per heavy atom. The molecule has 0 unspecified atom stereocenters. The molecule has 0 atom stereocenters. The van der Waals surface area contributed by atoms with Crippen molar-refractivity contribution in [1.82, 2.24) is 0 Å². The first-order valence-corrected chi connectivity index (χ1v) is 4.55. The molecule has 0 heterocycles. The summed E-state index contributed by atoms with van der Waals surface area (Å²) < 4.78 is 1.27. The molecule has 0 N–H and O–H groups in total. The van der Waals surface area contributed by atoms with Gasteiger partial charge in [-0.3, -0.25) is 0 Å². The van der Waals surface area contributed by atoms with Crippen molar-refractivity contribution in [3.05, 3.63) is 42.5 Å². The van der Waals surface area contributed by atoms with E-state index in [9.17, 15) is 0 Å². The SMILES string of the molecule is [Au][c]1ccc2ccccc2c1. The van der Waals surface area contributed by atoms with E-state index in [1.807, 2.05) is 0 Å². The molecule has 0 radical (unpaired) electrons. The van der Waals surface area contributed by atoms with Crippen LogP contribution in [-0.4, -0.2) is 0 Å². The van der Waals surface area contributed by atoms with Gasteiger partial charge in [0.1, 0.15) is 0 Å². The van der Waals surface area contributed by atoms with Gasteiger partial charge < -0.3 is 0 Å². The summed E-state index contributed by atoms with van der Waals surface area (Å²) in [5.74, 6) is 0. The molecule has 0 fully saturated rings. The van der Waals surface area contributed by atoms with Gasteiger partial charge in [0, 0.05) is 0 Å². The van der Waals surface area contributed by atoms with Crippen molar-refractivity contribution in [1.29, 1.82) is 0 Å². The Morgan fingerprint density at radius 3 is 2.36 bits per heavy atom. The van der Waals surface area contributed by atoms with Crippen molar-refractivity contribution in [2.75, 3.05) is 0 Å². The summed E-state index contributed by atoms with van der Waals surface area (Å²) in [6.07, 6.45) is 0. The van der Waals surface area contributed by atoms with Crippen LogP contribution in [0.5, 0.6) is 0 Å². The van der Waals surface area contributed by atoms with Gasteiger partial charge >= 0.3 is 78.1 Å². The van der Waals surface area contributed by atoms with Crippen molar-refractivity contribution in [2.24, 2.45) is 0 Å². The number of benzene rings is 2. The van der Waals surface area contributed by atoms with Gasteiger partial charge in [-0.2, -0.15) is 0 Å². The fourth-order valence-electron chi connectivity index (χ4n) is 1.14. The summed E-state index contributed by atoms with van der Waals surface area (Å²) in [6.45, 7) is 0.